The summed E-state index contributed by atoms with van der Waals surface area (Å²) < 4.78 is 1.80. The number of fused-ring (bicyclic) bond motifs is 1. The fourth-order valence-electron chi connectivity index (χ4n) is 1.01. The summed E-state index contributed by atoms with van der Waals surface area (Å²) in [5.41, 5.74) is 1.50. The Hall–Kier alpha value is -1.58. The van der Waals surface area contributed by atoms with Crippen LogP contribution in [0.4, 0.5) is 0 Å². The topological polar surface area (TPSA) is 50.9 Å². The molecule has 2 aromatic heterocycles. The van der Waals surface area contributed by atoms with Gasteiger partial charge in [-0.2, -0.15) is 0 Å². The second-order valence-corrected chi connectivity index (χ2v) is 2.39. The van der Waals surface area contributed by atoms with Crippen LogP contribution in [-0.2, 0) is 7.05 Å². The van der Waals surface area contributed by atoms with Gasteiger partial charge in [0.2, 0.25) is 0 Å². The molecule has 0 saturated heterocycles. The average Bonchev–Trinajstić information content (AvgIpc) is 2.32. The monoisotopic (exact) mass is 149 g/mol. The van der Waals surface area contributed by atoms with Crippen molar-refractivity contribution < 1.29 is 5.11 Å². The van der Waals surface area contributed by atoms with Crippen molar-refractivity contribution in [2.24, 2.45) is 7.05 Å². The summed E-state index contributed by atoms with van der Waals surface area (Å²) in [6, 6.07) is 1.59. The highest BCUT2D eigenvalue weighted by atomic mass is 16.3. The first-order chi connectivity index (χ1) is 5.27. The van der Waals surface area contributed by atoms with Gasteiger partial charge in [-0.1, -0.05) is 0 Å². The van der Waals surface area contributed by atoms with Crippen molar-refractivity contribution in [2.45, 2.75) is 0 Å². The van der Waals surface area contributed by atoms with E-state index in [1.165, 1.54) is 6.20 Å². The van der Waals surface area contributed by atoms with Gasteiger partial charge in [0.25, 0.3) is 0 Å². The number of aromatic nitrogens is 3. The summed E-state index contributed by atoms with van der Waals surface area (Å²) in [5, 5.41) is 9.03. The van der Waals surface area contributed by atoms with E-state index in [0.29, 0.717) is 5.52 Å². The molecule has 0 atom stereocenters. The first-order valence-electron chi connectivity index (χ1n) is 3.23. The number of hydrogen-bond acceptors (Lipinski definition) is 3. The van der Waals surface area contributed by atoms with Crippen molar-refractivity contribution in [1.29, 1.82) is 0 Å². The Balaban J connectivity index is 2.86. The second-order valence-electron chi connectivity index (χ2n) is 2.39. The van der Waals surface area contributed by atoms with Gasteiger partial charge < -0.3 is 9.67 Å². The van der Waals surface area contributed by atoms with Crippen LogP contribution in [0.5, 0.6) is 5.75 Å². The largest absolute Gasteiger partial charge is 0.506 e. The van der Waals surface area contributed by atoms with Gasteiger partial charge in [0, 0.05) is 13.1 Å². The Bertz CT molecular complexity index is 393. The molecule has 0 aliphatic rings. The molecule has 0 unspecified atom stereocenters. The summed E-state index contributed by atoms with van der Waals surface area (Å²) >= 11 is 0. The summed E-state index contributed by atoms with van der Waals surface area (Å²) in [4.78, 5) is 8.01. The van der Waals surface area contributed by atoms with E-state index in [9.17, 15) is 0 Å². The lowest BCUT2D eigenvalue weighted by Gasteiger charge is -1.92. The zero-order chi connectivity index (χ0) is 7.84. The minimum atomic E-state index is 0.149. The molecule has 11 heavy (non-hydrogen) atoms. The van der Waals surface area contributed by atoms with Crippen LogP contribution in [0.25, 0.3) is 11.2 Å². The highest BCUT2D eigenvalue weighted by molar-refractivity contribution is 5.71. The molecule has 0 fully saturated rings. The molecule has 0 saturated carbocycles. The van der Waals surface area contributed by atoms with Crippen molar-refractivity contribution in [2.75, 3.05) is 0 Å². The molecule has 0 aliphatic carbocycles. The van der Waals surface area contributed by atoms with Crippen LogP contribution in [0.2, 0.25) is 0 Å². The van der Waals surface area contributed by atoms with Gasteiger partial charge in [-0.05, 0) is 0 Å². The maximum Gasteiger partial charge on any atom is 0.159 e. The molecule has 0 amide bonds. The standard InChI is InChI=1S/C7H7N3O/c1-10-4-9-6-2-5(11)3-8-7(6)10/h2-4,11H,1H3. The lowest BCUT2D eigenvalue weighted by atomic mass is 10.4. The van der Waals surface area contributed by atoms with E-state index < -0.39 is 0 Å². The van der Waals surface area contributed by atoms with Crippen LogP contribution in [-0.4, -0.2) is 19.6 Å². The number of hydrogen-bond donors (Lipinski definition) is 1. The molecule has 1 N–H and O–H groups in total. The Kier molecular flexibility index (Phi) is 1.09. The Morgan fingerprint density at radius 3 is 3.09 bits per heavy atom. The summed E-state index contributed by atoms with van der Waals surface area (Å²) in [7, 11) is 1.86. The maximum absolute atomic E-state index is 9.03. The fourth-order valence-corrected chi connectivity index (χ4v) is 1.01. The van der Waals surface area contributed by atoms with Gasteiger partial charge >= 0.3 is 0 Å². The number of pyridine rings is 1. The number of imidazole rings is 1. The SMILES string of the molecule is Cn1cnc2cc(O)cnc21. The number of aromatic hydroxyl groups is 1. The molecular formula is C7H7N3O. The highest BCUT2D eigenvalue weighted by Crippen LogP contribution is 2.13. The van der Waals surface area contributed by atoms with Gasteiger partial charge in [0.15, 0.2) is 5.65 Å². The molecule has 0 bridgehead atoms. The predicted molar refractivity (Wildman–Crippen MR) is 40.2 cm³/mol. The van der Waals surface area contributed by atoms with Crippen LogP contribution in [0, 0.1) is 0 Å². The maximum atomic E-state index is 9.03. The molecule has 0 radical (unpaired) electrons. The smallest absolute Gasteiger partial charge is 0.159 e. The van der Waals surface area contributed by atoms with Crippen LogP contribution in [0.15, 0.2) is 18.6 Å². The summed E-state index contributed by atoms with van der Waals surface area (Å²) in [6.45, 7) is 0. The van der Waals surface area contributed by atoms with Crippen LogP contribution in [0.3, 0.4) is 0 Å². The van der Waals surface area contributed by atoms with Crippen LogP contribution >= 0.6 is 0 Å². The van der Waals surface area contributed by atoms with E-state index in [1.807, 2.05) is 7.05 Å². The van der Waals surface area contributed by atoms with Gasteiger partial charge in [-0.15, -0.1) is 0 Å². The summed E-state index contributed by atoms with van der Waals surface area (Å²) in [5.74, 6) is 0.149. The molecule has 0 spiro atoms. The van der Waals surface area contributed by atoms with E-state index in [0.717, 1.165) is 5.65 Å². The van der Waals surface area contributed by atoms with E-state index in [2.05, 4.69) is 9.97 Å². The molecule has 2 aromatic rings. The molecule has 2 rings (SSSR count). The Labute approximate surface area is 63.1 Å². The zero-order valence-electron chi connectivity index (χ0n) is 6.02. The van der Waals surface area contributed by atoms with E-state index in [4.69, 9.17) is 5.11 Å². The molecule has 2 heterocycles. The van der Waals surface area contributed by atoms with Gasteiger partial charge in [0.05, 0.1) is 12.5 Å². The van der Waals surface area contributed by atoms with Gasteiger partial charge in [0.1, 0.15) is 11.3 Å². The highest BCUT2D eigenvalue weighted by Gasteiger charge is 1.99. The van der Waals surface area contributed by atoms with Gasteiger partial charge in [-0.3, -0.25) is 0 Å². The summed E-state index contributed by atoms with van der Waals surface area (Å²) in [6.07, 6.45) is 3.07. The van der Waals surface area contributed by atoms with Crippen molar-refractivity contribution in [3.63, 3.8) is 0 Å². The van der Waals surface area contributed by atoms with Gasteiger partial charge in [-0.25, -0.2) is 9.97 Å². The third kappa shape index (κ3) is 0.832. The second kappa shape index (κ2) is 1.95. The van der Waals surface area contributed by atoms with E-state index >= 15 is 0 Å². The van der Waals surface area contributed by atoms with Crippen LogP contribution in [0.1, 0.15) is 0 Å². The quantitative estimate of drug-likeness (QED) is 0.599. The lowest BCUT2D eigenvalue weighted by molar-refractivity contribution is 0.473. The fraction of sp³-hybridized carbons (Fsp3) is 0.143. The predicted octanol–water partition coefficient (Wildman–Crippen LogP) is 0.674. The minimum absolute atomic E-state index is 0.149. The van der Waals surface area contributed by atoms with Crippen molar-refractivity contribution in [3.8, 4) is 5.75 Å². The number of aryl methyl sites for hydroxylation is 1. The first kappa shape index (κ1) is 6.15. The zero-order valence-corrected chi connectivity index (χ0v) is 6.02. The lowest BCUT2D eigenvalue weighted by Crippen LogP contribution is -1.85. The number of rotatable bonds is 0. The molecule has 0 aromatic carbocycles. The van der Waals surface area contributed by atoms with Crippen LogP contribution < -0.4 is 0 Å². The molecule has 0 aliphatic heterocycles. The van der Waals surface area contributed by atoms with E-state index in [-0.39, 0.29) is 5.75 Å². The Morgan fingerprint density at radius 2 is 2.27 bits per heavy atom. The average molecular weight is 149 g/mol. The molecule has 4 heteroatoms. The third-order valence-corrected chi connectivity index (χ3v) is 1.54. The minimum Gasteiger partial charge on any atom is -0.506 e. The molecule has 56 valence electrons. The first-order valence-corrected chi connectivity index (χ1v) is 3.23. The molecular weight excluding hydrogens is 142 g/mol. The Morgan fingerprint density at radius 1 is 1.45 bits per heavy atom. The van der Waals surface area contributed by atoms with Crippen molar-refractivity contribution >= 4 is 11.2 Å². The number of nitrogens with zero attached hydrogens (tertiary/aromatic N) is 3. The van der Waals surface area contributed by atoms with Crippen molar-refractivity contribution in [1.82, 2.24) is 14.5 Å². The van der Waals surface area contributed by atoms with E-state index in [1.54, 1.807) is 17.0 Å². The normalized spacial score (nSPS) is 10.6. The third-order valence-electron chi connectivity index (χ3n) is 1.54. The molecule has 4 nitrogen and oxygen atoms in total. The van der Waals surface area contributed by atoms with Crippen molar-refractivity contribution in [3.05, 3.63) is 18.6 Å².